The zero-order valence-electron chi connectivity index (χ0n) is 5.49. The highest BCUT2D eigenvalue weighted by atomic mass is 16.5. The Morgan fingerprint density at radius 3 is 2.60 bits per heavy atom. The molecule has 0 rings (SSSR count). The maximum atomic E-state index is 10.5. The molecule has 0 aliphatic rings. The Morgan fingerprint density at radius 1 is 1.70 bits per heavy atom. The summed E-state index contributed by atoms with van der Waals surface area (Å²) in [6.45, 7) is 1.75. The second-order valence-corrected chi connectivity index (χ2v) is 1.41. The average Bonchev–Trinajstić information content (AvgIpc) is 1.91. The highest BCUT2D eigenvalue weighted by molar-refractivity contribution is 6.07. The molecule has 0 aliphatic heterocycles. The minimum Gasteiger partial charge on any atom is -0.877 e. The SMILES string of the molecule is CCOC(=O)/C(C=O)=C/[O-]. The van der Waals surface area contributed by atoms with Gasteiger partial charge in [-0.05, 0) is 6.92 Å². The lowest BCUT2D eigenvalue weighted by Gasteiger charge is -2.00. The Bertz CT molecular complexity index is 159. The summed E-state index contributed by atoms with van der Waals surface area (Å²) in [7, 11) is 0. The Hall–Kier alpha value is -1.32. The fourth-order valence-corrected chi connectivity index (χ4v) is 0.338. The van der Waals surface area contributed by atoms with Gasteiger partial charge in [-0.25, -0.2) is 4.79 Å². The third-order valence-electron chi connectivity index (χ3n) is 0.765. The number of rotatable bonds is 3. The van der Waals surface area contributed by atoms with Crippen LogP contribution in [0.4, 0.5) is 0 Å². The molecular formula is C6H7O4-. The number of hydrogen-bond donors (Lipinski definition) is 0. The zero-order chi connectivity index (χ0) is 7.98. The van der Waals surface area contributed by atoms with E-state index in [9.17, 15) is 14.7 Å². The molecule has 0 unspecified atom stereocenters. The molecule has 0 amide bonds. The van der Waals surface area contributed by atoms with Crippen LogP contribution in [0.2, 0.25) is 0 Å². The lowest BCUT2D eigenvalue weighted by Crippen LogP contribution is -2.11. The van der Waals surface area contributed by atoms with Gasteiger partial charge in [-0.15, -0.1) is 6.26 Å². The molecule has 4 heteroatoms. The van der Waals surface area contributed by atoms with E-state index in [4.69, 9.17) is 0 Å². The van der Waals surface area contributed by atoms with E-state index in [0.29, 0.717) is 0 Å². The Morgan fingerprint density at radius 2 is 2.30 bits per heavy atom. The van der Waals surface area contributed by atoms with Crippen molar-refractivity contribution in [3.05, 3.63) is 11.8 Å². The van der Waals surface area contributed by atoms with Crippen molar-refractivity contribution < 1.29 is 19.4 Å². The van der Waals surface area contributed by atoms with Gasteiger partial charge in [0.05, 0.1) is 12.2 Å². The van der Waals surface area contributed by atoms with Gasteiger partial charge in [-0.2, -0.15) is 0 Å². The third-order valence-corrected chi connectivity index (χ3v) is 0.765. The second-order valence-electron chi connectivity index (χ2n) is 1.41. The predicted molar refractivity (Wildman–Crippen MR) is 30.8 cm³/mol. The molecule has 0 spiro atoms. The Kier molecular flexibility index (Phi) is 3.95. The van der Waals surface area contributed by atoms with Crippen LogP contribution in [0, 0.1) is 0 Å². The monoisotopic (exact) mass is 143 g/mol. The standard InChI is InChI=1S/C6H8O4/c1-2-10-6(9)5(3-7)4-8/h3-4,7H,2H2,1H3/p-1/b5-3+. The van der Waals surface area contributed by atoms with E-state index in [1.165, 1.54) is 0 Å². The van der Waals surface area contributed by atoms with Crippen molar-refractivity contribution in [2.75, 3.05) is 6.61 Å². The maximum absolute atomic E-state index is 10.5. The lowest BCUT2D eigenvalue weighted by atomic mass is 10.3. The first kappa shape index (κ1) is 8.68. The van der Waals surface area contributed by atoms with Gasteiger partial charge in [-0.3, -0.25) is 4.79 Å². The van der Waals surface area contributed by atoms with Gasteiger partial charge < -0.3 is 9.84 Å². The first-order chi connectivity index (χ1) is 4.76. The van der Waals surface area contributed by atoms with Crippen LogP contribution in [0.5, 0.6) is 0 Å². The molecular weight excluding hydrogens is 136 g/mol. The molecule has 0 aliphatic carbocycles. The van der Waals surface area contributed by atoms with Crippen molar-refractivity contribution in [1.29, 1.82) is 0 Å². The number of ether oxygens (including phenoxy) is 1. The number of aldehydes is 1. The quantitative estimate of drug-likeness (QED) is 0.127. The van der Waals surface area contributed by atoms with Gasteiger partial charge in [-0.1, -0.05) is 0 Å². The average molecular weight is 143 g/mol. The normalized spacial score (nSPS) is 10.7. The van der Waals surface area contributed by atoms with E-state index >= 15 is 0 Å². The number of carbonyl (C=O) groups is 2. The van der Waals surface area contributed by atoms with Crippen molar-refractivity contribution in [2.24, 2.45) is 0 Å². The second kappa shape index (κ2) is 4.55. The van der Waals surface area contributed by atoms with Gasteiger partial charge in [0.1, 0.15) is 0 Å². The molecule has 0 bridgehead atoms. The third kappa shape index (κ3) is 2.30. The van der Waals surface area contributed by atoms with Crippen LogP contribution in [-0.2, 0) is 14.3 Å². The first-order valence-corrected chi connectivity index (χ1v) is 2.70. The summed E-state index contributed by atoms with van der Waals surface area (Å²) in [5.41, 5.74) is -0.484. The number of carbonyl (C=O) groups excluding carboxylic acids is 2. The summed E-state index contributed by atoms with van der Waals surface area (Å²) in [6.07, 6.45) is 0.343. The molecule has 0 aromatic carbocycles. The van der Waals surface area contributed by atoms with Gasteiger partial charge in [0.25, 0.3) is 0 Å². The molecule has 0 aromatic rings. The van der Waals surface area contributed by atoms with E-state index in [2.05, 4.69) is 4.74 Å². The van der Waals surface area contributed by atoms with Crippen molar-refractivity contribution >= 4 is 12.3 Å². The largest absolute Gasteiger partial charge is 0.877 e. The molecule has 10 heavy (non-hydrogen) atoms. The lowest BCUT2D eigenvalue weighted by molar-refractivity contribution is -0.275. The molecule has 0 fully saturated rings. The molecule has 0 heterocycles. The summed E-state index contributed by atoms with van der Waals surface area (Å²) >= 11 is 0. The minimum absolute atomic E-state index is 0.157. The Labute approximate surface area is 58.1 Å². The number of hydrogen-bond acceptors (Lipinski definition) is 4. The summed E-state index contributed by atoms with van der Waals surface area (Å²) < 4.78 is 4.35. The van der Waals surface area contributed by atoms with E-state index in [1.807, 2.05) is 0 Å². The molecule has 0 atom stereocenters. The van der Waals surface area contributed by atoms with Crippen molar-refractivity contribution in [3.63, 3.8) is 0 Å². The fourth-order valence-electron chi connectivity index (χ4n) is 0.338. The molecule has 0 saturated carbocycles. The predicted octanol–water partition coefficient (Wildman–Crippen LogP) is -1.01. The van der Waals surface area contributed by atoms with Crippen molar-refractivity contribution in [1.82, 2.24) is 0 Å². The van der Waals surface area contributed by atoms with Gasteiger partial charge in [0, 0.05) is 0 Å². The summed E-state index contributed by atoms with van der Waals surface area (Å²) in [5, 5.41) is 9.88. The first-order valence-electron chi connectivity index (χ1n) is 2.70. The molecule has 0 saturated heterocycles. The zero-order valence-corrected chi connectivity index (χ0v) is 5.49. The topological polar surface area (TPSA) is 66.4 Å². The van der Waals surface area contributed by atoms with Crippen molar-refractivity contribution in [3.8, 4) is 0 Å². The van der Waals surface area contributed by atoms with E-state index in [0.717, 1.165) is 0 Å². The van der Waals surface area contributed by atoms with Gasteiger partial charge >= 0.3 is 5.97 Å². The van der Waals surface area contributed by atoms with Crippen LogP contribution in [0.3, 0.4) is 0 Å². The highest BCUT2D eigenvalue weighted by Crippen LogP contribution is 1.90. The van der Waals surface area contributed by atoms with Crippen LogP contribution in [0.1, 0.15) is 6.92 Å². The Balaban J connectivity index is 4.04. The molecule has 0 aromatic heterocycles. The fraction of sp³-hybridized carbons (Fsp3) is 0.333. The molecule has 0 radical (unpaired) electrons. The minimum atomic E-state index is -0.868. The number of esters is 1. The van der Waals surface area contributed by atoms with E-state index < -0.39 is 11.5 Å². The van der Waals surface area contributed by atoms with Gasteiger partial charge in [0.15, 0.2) is 6.29 Å². The van der Waals surface area contributed by atoms with Crippen molar-refractivity contribution in [2.45, 2.75) is 6.92 Å². The van der Waals surface area contributed by atoms with E-state index in [1.54, 1.807) is 6.92 Å². The molecule has 0 N–H and O–H groups in total. The van der Waals surface area contributed by atoms with Crippen LogP contribution in [0.25, 0.3) is 0 Å². The highest BCUT2D eigenvalue weighted by Gasteiger charge is 2.04. The maximum Gasteiger partial charge on any atom is 0.340 e. The summed E-state index contributed by atoms with van der Waals surface area (Å²) in [6, 6.07) is 0. The smallest absolute Gasteiger partial charge is 0.340 e. The summed E-state index contributed by atoms with van der Waals surface area (Å²) in [5.74, 6) is -0.868. The van der Waals surface area contributed by atoms with Gasteiger partial charge in [0.2, 0.25) is 0 Å². The molecule has 56 valence electrons. The summed E-state index contributed by atoms with van der Waals surface area (Å²) in [4.78, 5) is 20.4. The van der Waals surface area contributed by atoms with Crippen LogP contribution in [0.15, 0.2) is 11.8 Å². The van der Waals surface area contributed by atoms with Crippen LogP contribution >= 0.6 is 0 Å². The van der Waals surface area contributed by atoms with Crippen LogP contribution < -0.4 is 5.11 Å². The van der Waals surface area contributed by atoms with Crippen LogP contribution in [-0.4, -0.2) is 18.9 Å². The molecule has 4 nitrogen and oxygen atoms in total. The van der Waals surface area contributed by atoms with E-state index in [-0.39, 0.29) is 19.2 Å².